The van der Waals surface area contributed by atoms with E-state index in [1.807, 2.05) is 54.6 Å². The van der Waals surface area contributed by atoms with Crippen molar-refractivity contribution in [2.75, 3.05) is 19.6 Å². The van der Waals surface area contributed by atoms with Crippen molar-refractivity contribution in [3.05, 3.63) is 66.7 Å². The molecule has 4 aromatic rings. The molecule has 28 heavy (non-hydrogen) atoms. The van der Waals surface area contributed by atoms with Crippen LogP contribution in [-0.4, -0.2) is 37.8 Å². The Morgan fingerprint density at radius 3 is 2.46 bits per heavy atom. The number of hydrogen-bond acceptors (Lipinski definition) is 5. The second-order valence-corrected chi connectivity index (χ2v) is 8.76. The maximum absolute atomic E-state index is 13.6. The molecule has 2 N–H and O–H groups in total. The highest BCUT2D eigenvalue weighted by molar-refractivity contribution is 7.91. The number of hydrogen-bond donors (Lipinski definition) is 2. The zero-order valence-electron chi connectivity index (χ0n) is 15.2. The van der Waals surface area contributed by atoms with Crippen LogP contribution in [-0.2, 0) is 9.84 Å². The first-order valence-corrected chi connectivity index (χ1v) is 10.8. The van der Waals surface area contributed by atoms with E-state index >= 15 is 0 Å². The van der Waals surface area contributed by atoms with E-state index in [4.69, 9.17) is 0 Å². The summed E-state index contributed by atoms with van der Waals surface area (Å²) in [5, 5.41) is 13.7. The molecule has 1 atom stereocenters. The van der Waals surface area contributed by atoms with Crippen LogP contribution in [0.25, 0.3) is 21.7 Å². The Labute approximate surface area is 163 Å². The van der Waals surface area contributed by atoms with Crippen LogP contribution >= 0.6 is 0 Å². The minimum atomic E-state index is -3.79. The van der Waals surface area contributed by atoms with Gasteiger partial charge in [-0.1, -0.05) is 48.5 Å². The second-order valence-electron chi connectivity index (χ2n) is 6.92. The quantitative estimate of drug-likeness (QED) is 0.561. The predicted molar refractivity (Wildman–Crippen MR) is 109 cm³/mol. The van der Waals surface area contributed by atoms with Gasteiger partial charge < -0.3 is 5.32 Å². The van der Waals surface area contributed by atoms with Gasteiger partial charge in [-0.2, -0.15) is 5.10 Å². The molecule has 5 rings (SSSR count). The minimum absolute atomic E-state index is 0.0879. The lowest BCUT2D eigenvalue weighted by atomic mass is 10.1. The zero-order valence-corrected chi connectivity index (χ0v) is 16.0. The molecular weight excluding hydrogens is 372 g/mol. The summed E-state index contributed by atoms with van der Waals surface area (Å²) in [5.74, 6) is 0. The number of piperazine rings is 1. The Kier molecular flexibility index (Phi) is 4.16. The average Bonchev–Trinajstić information content (AvgIpc) is 3.14. The van der Waals surface area contributed by atoms with Crippen molar-refractivity contribution in [2.24, 2.45) is 0 Å². The summed E-state index contributed by atoms with van der Waals surface area (Å²) in [5.41, 5.74) is 0.808. The van der Waals surface area contributed by atoms with Crippen LogP contribution in [0.4, 0.5) is 0 Å². The molecule has 0 bridgehead atoms. The topological polar surface area (TPSA) is 76.0 Å². The standard InChI is InChI=1S/C21H20N4O2S/c26-28(27,19-11-5-7-15-6-1-2-8-16(15)19)21-17-9-3-4-10-18(17)25(24-21)20-14-22-12-13-23-20/h1-11,20,22-23H,12-14H2. The smallest absolute Gasteiger partial charge is 0.226 e. The van der Waals surface area contributed by atoms with Crippen molar-refractivity contribution in [1.29, 1.82) is 0 Å². The second kappa shape index (κ2) is 6.70. The highest BCUT2D eigenvalue weighted by Gasteiger charge is 2.29. The van der Waals surface area contributed by atoms with E-state index in [2.05, 4.69) is 15.7 Å². The molecule has 1 aromatic heterocycles. The Bertz CT molecular complexity index is 1270. The third-order valence-corrected chi connectivity index (χ3v) is 6.93. The van der Waals surface area contributed by atoms with Gasteiger partial charge in [0, 0.05) is 30.4 Å². The van der Waals surface area contributed by atoms with Crippen LogP contribution in [0.5, 0.6) is 0 Å². The first-order valence-electron chi connectivity index (χ1n) is 9.30. The van der Waals surface area contributed by atoms with Gasteiger partial charge in [0.1, 0.15) is 6.17 Å². The van der Waals surface area contributed by atoms with Crippen LogP contribution in [0.3, 0.4) is 0 Å². The normalized spacial score (nSPS) is 17.9. The van der Waals surface area contributed by atoms with Gasteiger partial charge in [0.2, 0.25) is 9.84 Å². The summed E-state index contributed by atoms with van der Waals surface area (Å²) in [4.78, 5) is 0.288. The Morgan fingerprint density at radius 1 is 0.893 bits per heavy atom. The maximum atomic E-state index is 13.6. The lowest BCUT2D eigenvalue weighted by molar-refractivity contribution is 0.319. The van der Waals surface area contributed by atoms with Crippen molar-refractivity contribution in [3.63, 3.8) is 0 Å². The third-order valence-electron chi connectivity index (χ3n) is 5.19. The highest BCUT2D eigenvalue weighted by atomic mass is 32.2. The van der Waals surface area contributed by atoms with Crippen LogP contribution in [0.15, 0.2) is 76.7 Å². The van der Waals surface area contributed by atoms with Crippen LogP contribution in [0.1, 0.15) is 6.17 Å². The number of para-hydroxylation sites is 1. The predicted octanol–water partition coefficient (Wildman–Crippen LogP) is 2.71. The fourth-order valence-corrected chi connectivity index (χ4v) is 5.44. The average molecular weight is 392 g/mol. The molecule has 1 unspecified atom stereocenters. The van der Waals surface area contributed by atoms with Gasteiger partial charge in [0.15, 0.2) is 5.03 Å². The van der Waals surface area contributed by atoms with Gasteiger partial charge >= 0.3 is 0 Å². The molecule has 1 saturated heterocycles. The van der Waals surface area contributed by atoms with Gasteiger partial charge in [-0.15, -0.1) is 0 Å². The Morgan fingerprint density at radius 2 is 1.64 bits per heavy atom. The molecule has 0 amide bonds. The van der Waals surface area contributed by atoms with Gasteiger partial charge in [-0.3, -0.25) is 5.32 Å². The number of sulfone groups is 1. The van der Waals surface area contributed by atoms with E-state index in [1.54, 1.807) is 16.8 Å². The van der Waals surface area contributed by atoms with E-state index < -0.39 is 9.84 Å². The lowest BCUT2D eigenvalue weighted by Gasteiger charge is -2.25. The number of nitrogens with one attached hydrogen (secondary N) is 2. The van der Waals surface area contributed by atoms with Crippen LogP contribution < -0.4 is 10.6 Å². The lowest BCUT2D eigenvalue weighted by Crippen LogP contribution is -2.45. The summed E-state index contributed by atoms with van der Waals surface area (Å²) >= 11 is 0. The fourth-order valence-electron chi connectivity index (χ4n) is 3.84. The van der Waals surface area contributed by atoms with E-state index in [0.717, 1.165) is 24.0 Å². The summed E-state index contributed by atoms with van der Waals surface area (Å²) in [7, 11) is -3.79. The largest absolute Gasteiger partial charge is 0.312 e. The van der Waals surface area contributed by atoms with Crippen LogP contribution in [0, 0.1) is 0 Å². The molecule has 0 aliphatic carbocycles. The number of fused-ring (bicyclic) bond motifs is 2. The molecule has 1 fully saturated rings. The van der Waals surface area contributed by atoms with E-state index in [1.165, 1.54) is 0 Å². The molecule has 1 aliphatic heterocycles. The van der Waals surface area contributed by atoms with E-state index in [9.17, 15) is 8.42 Å². The Balaban J connectivity index is 1.74. The zero-order chi connectivity index (χ0) is 19.1. The molecule has 142 valence electrons. The van der Waals surface area contributed by atoms with Gasteiger partial charge in [0.25, 0.3) is 0 Å². The summed E-state index contributed by atoms with van der Waals surface area (Å²) < 4.78 is 29.1. The maximum Gasteiger partial charge on any atom is 0.226 e. The van der Waals surface area contributed by atoms with Gasteiger partial charge in [0.05, 0.1) is 10.4 Å². The van der Waals surface area contributed by atoms with Crippen molar-refractivity contribution >= 4 is 31.5 Å². The summed E-state index contributed by atoms with van der Waals surface area (Å²) in [6.07, 6.45) is -0.0879. The van der Waals surface area contributed by atoms with E-state index in [0.29, 0.717) is 17.3 Å². The van der Waals surface area contributed by atoms with Gasteiger partial charge in [-0.25, -0.2) is 13.1 Å². The van der Waals surface area contributed by atoms with E-state index in [-0.39, 0.29) is 16.1 Å². The molecular formula is C21H20N4O2S. The summed E-state index contributed by atoms with van der Waals surface area (Å²) in [6, 6.07) is 20.4. The SMILES string of the molecule is O=S(=O)(c1cccc2ccccc12)c1nn(C2CNCCN2)c2ccccc12. The number of benzene rings is 3. The molecule has 6 nitrogen and oxygen atoms in total. The first-order chi connectivity index (χ1) is 13.7. The van der Waals surface area contributed by atoms with Crippen molar-refractivity contribution in [2.45, 2.75) is 16.1 Å². The number of nitrogens with zero attached hydrogens (tertiary/aromatic N) is 2. The van der Waals surface area contributed by atoms with Crippen molar-refractivity contribution < 1.29 is 8.42 Å². The monoisotopic (exact) mass is 392 g/mol. The third kappa shape index (κ3) is 2.71. The Hall–Kier alpha value is -2.74. The highest BCUT2D eigenvalue weighted by Crippen LogP contribution is 2.32. The van der Waals surface area contributed by atoms with Crippen molar-refractivity contribution in [1.82, 2.24) is 20.4 Å². The molecule has 2 heterocycles. The van der Waals surface area contributed by atoms with Gasteiger partial charge in [-0.05, 0) is 23.6 Å². The molecule has 1 aliphatic rings. The molecule has 3 aromatic carbocycles. The molecule has 7 heteroatoms. The summed E-state index contributed by atoms with van der Waals surface area (Å²) in [6.45, 7) is 2.39. The van der Waals surface area contributed by atoms with Crippen molar-refractivity contribution in [3.8, 4) is 0 Å². The number of aromatic nitrogens is 2. The first kappa shape index (κ1) is 17.4. The molecule has 0 saturated carbocycles. The van der Waals surface area contributed by atoms with Crippen LogP contribution in [0.2, 0.25) is 0 Å². The molecule has 0 spiro atoms. The molecule has 0 radical (unpaired) electrons. The fraction of sp³-hybridized carbons (Fsp3) is 0.190. The number of rotatable bonds is 3. The minimum Gasteiger partial charge on any atom is -0.312 e.